The number of halogens is 2. The van der Waals surface area contributed by atoms with E-state index in [1.54, 1.807) is 26.2 Å². The second kappa shape index (κ2) is 5.44. The number of benzene rings is 1. The molecule has 80 valence electrons. The maximum absolute atomic E-state index is 9.61. The molecular formula is C9H13BrClNO2. The molecule has 0 aromatic heterocycles. The fourth-order valence-electron chi connectivity index (χ4n) is 1.06. The summed E-state index contributed by atoms with van der Waals surface area (Å²) in [6, 6.07) is 3.21. The van der Waals surface area contributed by atoms with Gasteiger partial charge in [-0.25, -0.2) is 0 Å². The van der Waals surface area contributed by atoms with Crippen molar-refractivity contribution in [2.45, 2.75) is 13.0 Å². The lowest BCUT2D eigenvalue weighted by atomic mass is 10.1. The number of hydrogen-bond acceptors (Lipinski definition) is 3. The summed E-state index contributed by atoms with van der Waals surface area (Å²) >= 11 is 3.22. The van der Waals surface area contributed by atoms with Gasteiger partial charge in [0.05, 0.1) is 11.6 Å². The van der Waals surface area contributed by atoms with Crippen molar-refractivity contribution in [1.82, 2.24) is 0 Å². The smallest absolute Gasteiger partial charge is 0.134 e. The molecule has 0 amide bonds. The van der Waals surface area contributed by atoms with Gasteiger partial charge in [-0.1, -0.05) is 0 Å². The predicted octanol–water partition coefficient (Wildman–Crippen LogP) is 2.60. The normalized spacial score (nSPS) is 11.7. The Balaban J connectivity index is 0.00000169. The highest BCUT2D eigenvalue weighted by molar-refractivity contribution is 9.10. The van der Waals surface area contributed by atoms with Gasteiger partial charge in [-0.05, 0) is 35.0 Å². The molecule has 0 spiro atoms. The Morgan fingerprint density at radius 2 is 2.07 bits per heavy atom. The summed E-state index contributed by atoms with van der Waals surface area (Å²) in [5, 5.41) is 9.61. The highest BCUT2D eigenvalue weighted by Gasteiger charge is 2.11. The van der Waals surface area contributed by atoms with Crippen molar-refractivity contribution in [2.24, 2.45) is 5.73 Å². The van der Waals surface area contributed by atoms with Gasteiger partial charge in [-0.3, -0.25) is 0 Å². The van der Waals surface area contributed by atoms with Gasteiger partial charge in [0.1, 0.15) is 11.5 Å². The second-order valence-electron chi connectivity index (χ2n) is 2.84. The summed E-state index contributed by atoms with van der Waals surface area (Å²) in [4.78, 5) is 0. The first kappa shape index (κ1) is 13.5. The van der Waals surface area contributed by atoms with E-state index in [1.807, 2.05) is 0 Å². The Hall–Kier alpha value is -0.450. The van der Waals surface area contributed by atoms with Crippen molar-refractivity contribution in [3.05, 3.63) is 22.2 Å². The summed E-state index contributed by atoms with van der Waals surface area (Å²) in [5.74, 6) is 0.854. The number of phenolic OH excluding ortho intramolecular Hbond substituents is 1. The van der Waals surface area contributed by atoms with Crippen LogP contribution in [0, 0.1) is 0 Å². The average molecular weight is 283 g/mol. The molecule has 5 heteroatoms. The van der Waals surface area contributed by atoms with E-state index in [4.69, 9.17) is 10.5 Å². The van der Waals surface area contributed by atoms with E-state index in [1.165, 1.54) is 0 Å². The first-order valence-corrected chi connectivity index (χ1v) is 4.67. The summed E-state index contributed by atoms with van der Waals surface area (Å²) in [6.07, 6.45) is 0. The number of hydrogen-bond donors (Lipinski definition) is 2. The van der Waals surface area contributed by atoms with Crippen LogP contribution in [0.2, 0.25) is 0 Å². The van der Waals surface area contributed by atoms with E-state index >= 15 is 0 Å². The van der Waals surface area contributed by atoms with E-state index in [-0.39, 0.29) is 24.2 Å². The first-order chi connectivity index (χ1) is 6.06. The fraction of sp³-hybridized carbons (Fsp3) is 0.333. The molecule has 0 saturated heterocycles. The molecule has 0 bridgehead atoms. The van der Waals surface area contributed by atoms with Crippen LogP contribution < -0.4 is 10.5 Å². The Bertz CT molecular complexity index is 318. The van der Waals surface area contributed by atoms with E-state index in [9.17, 15) is 5.11 Å². The zero-order chi connectivity index (χ0) is 10.0. The Morgan fingerprint density at radius 3 is 2.50 bits per heavy atom. The van der Waals surface area contributed by atoms with Crippen LogP contribution in [0.5, 0.6) is 11.5 Å². The van der Waals surface area contributed by atoms with Crippen LogP contribution in [-0.2, 0) is 0 Å². The lowest BCUT2D eigenvalue weighted by Gasteiger charge is -2.11. The van der Waals surface area contributed by atoms with Gasteiger partial charge in [0.15, 0.2) is 0 Å². The third-order valence-electron chi connectivity index (χ3n) is 1.79. The number of phenols is 1. The fourth-order valence-corrected chi connectivity index (χ4v) is 1.51. The van der Waals surface area contributed by atoms with Crippen molar-refractivity contribution >= 4 is 28.3 Å². The molecule has 14 heavy (non-hydrogen) atoms. The minimum absolute atomic E-state index is 0. The molecular weight excluding hydrogens is 269 g/mol. The molecule has 0 aliphatic heterocycles. The molecule has 0 heterocycles. The number of ether oxygens (including phenoxy) is 1. The SMILES string of the molecule is COc1cc(Br)c(O)c([C@H](C)N)c1.Cl. The molecule has 3 N–H and O–H groups in total. The van der Waals surface area contributed by atoms with Crippen LogP contribution in [0.15, 0.2) is 16.6 Å². The standard InChI is InChI=1S/C9H12BrNO2.ClH/c1-5(11)7-3-6(13-2)4-8(10)9(7)12;/h3-5,12H,11H2,1-2H3;1H/t5-;/m0./s1. The Kier molecular flexibility index (Phi) is 5.26. The van der Waals surface area contributed by atoms with Crippen LogP contribution in [0.3, 0.4) is 0 Å². The van der Waals surface area contributed by atoms with E-state index in [0.717, 1.165) is 0 Å². The van der Waals surface area contributed by atoms with Gasteiger partial charge in [0.2, 0.25) is 0 Å². The maximum atomic E-state index is 9.61. The van der Waals surface area contributed by atoms with Crippen LogP contribution in [0.25, 0.3) is 0 Å². The number of rotatable bonds is 2. The predicted molar refractivity (Wildman–Crippen MR) is 62.2 cm³/mol. The maximum Gasteiger partial charge on any atom is 0.134 e. The molecule has 0 aliphatic carbocycles. The molecule has 0 aliphatic rings. The zero-order valence-corrected chi connectivity index (χ0v) is 10.4. The van der Waals surface area contributed by atoms with E-state index in [0.29, 0.717) is 15.8 Å². The van der Waals surface area contributed by atoms with Crippen LogP contribution in [0.1, 0.15) is 18.5 Å². The topological polar surface area (TPSA) is 55.5 Å². The van der Waals surface area contributed by atoms with Crippen molar-refractivity contribution in [1.29, 1.82) is 0 Å². The summed E-state index contributed by atoms with van der Waals surface area (Å²) in [6.45, 7) is 1.81. The summed E-state index contributed by atoms with van der Waals surface area (Å²) in [7, 11) is 1.57. The van der Waals surface area contributed by atoms with E-state index in [2.05, 4.69) is 15.9 Å². The largest absolute Gasteiger partial charge is 0.506 e. The van der Waals surface area contributed by atoms with Gasteiger partial charge >= 0.3 is 0 Å². The third-order valence-corrected chi connectivity index (χ3v) is 2.40. The molecule has 3 nitrogen and oxygen atoms in total. The first-order valence-electron chi connectivity index (χ1n) is 3.88. The van der Waals surface area contributed by atoms with Crippen molar-refractivity contribution in [3.8, 4) is 11.5 Å². The molecule has 1 atom stereocenters. The third kappa shape index (κ3) is 2.77. The molecule has 1 rings (SSSR count). The lowest BCUT2D eigenvalue weighted by molar-refractivity contribution is 0.409. The quantitative estimate of drug-likeness (QED) is 0.876. The van der Waals surface area contributed by atoms with Crippen LogP contribution in [-0.4, -0.2) is 12.2 Å². The Morgan fingerprint density at radius 1 is 1.50 bits per heavy atom. The van der Waals surface area contributed by atoms with Gasteiger partial charge < -0.3 is 15.6 Å². The van der Waals surface area contributed by atoms with Gasteiger partial charge in [-0.15, -0.1) is 12.4 Å². The van der Waals surface area contributed by atoms with Crippen LogP contribution >= 0.6 is 28.3 Å². The molecule has 0 fully saturated rings. The highest BCUT2D eigenvalue weighted by atomic mass is 79.9. The number of aromatic hydroxyl groups is 1. The highest BCUT2D eigenvalue weighted by Crippen LogP contribution is 2.35. The summed E-state index contributed by atoms with van der Waals surface area (Å²) in [5.41, 5.74) is 6.34. The lowest BCUT2D eigenvalue weighted by Crippen LogP contribution is -2.05. The number of methoxy groups -OCH3 is 1. The minimum atomic E-state index is -0.216. The second-order valence-corrected chi connectivity index (χ2v) is 3.69. The molecule has 1 aromatic carbocycles. The van der Waals surface area contributed by atoms with Crippen LogP contribution in [0.4, 0.5) is 0 Å². The zero-order valence-electron chi connectivity index (χ0n) is 7.95. The monoisotopic (exact) mass is 281 g/mol. The van der Waals surface area contributed by atoms with E-state index < -0.39 is 0 Å². The Labute approximate surface area is 97.8 Å². The molecule has 0 unspecified atom stereocenters. The number of nitrogens with two attached hydrogens (primary N) is 1. The van der Waals surface area contributed by atoms with Gasteiger partial charge in [0, 0.05) is 11.6 Å². The van der Waals surface area contributed by atoms with Crippen molar-refractivity contribution in [2.75, 3.05) is 7.11 Å². The summed E-state index contributed by atoms with van der Waals surface area (Å²) < 4.78 is 5.64. The van der Waals surface area contributed by atoms with Gasteiger partial charge in [-0.2, -0.15) is 0 Å². The molecule has 1 aromatic rings. The molecule has 0 radical (unpaired) electrons. The van der Waals surface area contributed by atoms with Gasteiger partial charge in [0.25, 0.3) is 0 Å². The average Bonchev–Trinajstić information content (AvgIpc) is 2.09. The molecule has 0 saturated carbocycles. The minimum Gasteiger partial charge on any atom is -0.506 e. The van der Waals surface area contributed by atoms with Crippen molar-refractivity contribution in [3.63, 3.8) is 0 Å². The van der Waals surface area contributed by atoms with Crippen molar-refractivity contribution < 1.29 is 9.84 Å².